The van der Waals surface area contributed by atoms with Crippen LogP contribution in [0.1, 0.15) is 0 Å². The predicted octanol–water partition coefficient (Wildman–Crippen LogP) is 19.2. The molecule has 0 fully saturated rings. The number of hydrogen-bond acceptors (Lipinski definition) is 6. The van der Waals surface area contributed by atoms with E-state index < -0.39 is 0 Å². The maximum absolute atomic E-state index is 7.39. The molecule has 0 aliphatic carbocycles. The lowest BCUT2D eigenvalue weighted by Gasteiger charge is -2.20. The average Bonchev–Trinajstić information content (AvgIpc) is 3.73. The van der Waals surface area contributed by atoms with E-state index in [9.17, 15) is 0 Å². The summed E-state index contributed by atoms with van der Waals surface area (Å²) in [6, 6.07) is 71.3. The van der Waals surface area contributed by atoms with Crippen LogP contribution in [0.15, 0.2) is 223 Å². The normalized spacial score (nSPS) is 12.1. The van der Waals surface area contributed by atoms with Crippen molar-refractivity contribution in [1.29, 1.82) is 0 Å². The van der Waals surface area contributed by atoms with Crippen LogP contribution in [0.5, 0.6) is 23.0 Å². The predicted molar refractivity (Wildman–Crippen MR) is 283 cm³/mol. The van der Waals surface area contributed by atoms with Crippen molar-refractivity contribution in [2.24, 2.45) is 0 Å². The Hall–Kier alpha value is -8.40. The van der Waals surface area contributed by atoms with Crippen LogP contribution in [0.25, 0.3) is 120 Å². The Morgan fingerprint density at radius 1 is 0.265 bits per heavy atom. The maximum atomic E-state index is 7.39. The molecule has 68 heavy (non-hydrogen) atoms. The summed E-state index contributed by atoms with van der Waals surface area (Å²) in [5.41, 5.74) is 4.54. The summed E-state index contributed by atoms with van der Waals surface area (Å²) in [4.78, 5) is 0. The molecular formula is C60H36O6P2. The van der Waals surface area contributed by atoms with Crippen molar-refractivity contribution in [1.82, 2.24) is 0 Å². The van der Waals surface area contributed by atoms with Gasteiger partial charge in [-0.15, -0.1) is 0 Å². The van der Waals surface area contributed by atoms with Crippen LogP contribution >= 0.6 is 17.3 Å². The average molecular weight is 915 g/mol. The van der Waals surface area contributed by atoms with E-state index in [1.807, 2.05) is 12.1 Å². The Bertz CT molecular complexity index is 4190. The molecule has 0 radical (unpaired) electrons. The number of hydrogen-bond donors (Lipinski definition) is 0. The minimum absolute atomic E-state index is 0.291. The summed E-state index contributed by atoms with van der Waals surface area (Å²) in [6.07, 6.45) is 0. The summed E-state index contributed by atoms with van der Waals surface area (Å²) in [6.45, 7) is 0. The van der Waals surface area contributed by atoms with Crippen LogP contribution in [-0.2, 0) is 0 Å². The molecule has 322 valence electrons. The monoisotopic (exact) mass is 914 g/mol. The van der Waals surface area contributed by atoms with Gasteiger partial charge in [-0.25, -0.2) is 0 Å². The molecule has 0 bridgehead atoms. The zero-order valence-electron chi connectivity index (χ0n) is 36.1. The molecule has 6 nitrogen and oxygen atoms in total. The van der Waals surface area contributed by atoms with Crippen molar-refractivity contribution >= 4 is 126 Å². The lowest BCUT2D eigenvalue weighted by atomic mass is 9.92. The van der Waals surface area contributed by atoms with E-state index in [1.54, 1.807) is 0 Å². The van der Waals surface area contributed by atoms with Crippen molar-refractivity contribution < 1.29 is 26.3 Å². The summed E-state index contributed by atoms with van der Waals surface area (Å²) in [5, 5.41) is 16.4. The summed E-state index contributed by atoms with van der Waals surface area (Å²) in [7, 11) is -0.583. The quantitative estimate of drug-likeness (QED) is 0.171. The molecule has 2 atom stereocenters. The Kier molecular flexibility index (Phi) is 8.91. The molecule has 14 aromatic rings. The zero-order chi connectivity index (χ0) is 44.7. The second kappa shape index (κ2) is 15.6. The number of fused-ring (bicyclic) bond motifs is 16. The van der Waals surface area contributed by atoms with E-state index in [0.717, 1.165) is 108 Å². The van der Waals surface area contributed by atoms with Gasteiger partial charge in [-0.1, -0.05) is 170 Å². The minimum Gasteiger partial charge on any atom is -0.453 e. The van der Waals surface area contributed by atoms with Crippen LogP contribution in [-0.4, -0.2) is 0 Å². The molecule has 12 aromatic carbocycles. The Balaban J connectivity index is 1.05. The molecule has 14 rings (SSSR count). The van der Waals surface area contributed by atoms with Gasteiger partial charge < -0.3 is 26.3 Å². The van der Waals surface area contributed by atoms with Gasteiger partial charge in [0, 0.05) is 32.7 Å². The number of benzene rings is 12. The molecule has 0 saturated heterocycles. The third kappa shape index (κ3) is 6.12. The molecule has 0 spiro atoms. The highest BCUT2D eigenvalue weighted by atomic mass is 31.1. The summed E-state index contributed by atoms with van der Waals surface area (Å²) < 4.78 is 40.9. The Morgan fingerprint density at radius 3 is 1.00 bits per heavy atom. The SMILES string of the molecule is c1ccc2c(-c3c(Oc4cc5ccccc5c5c4o[pH]oc4ccc6ccccc6c45)ccc4ccccc34)c(Oc3cc4ccccc4c4c3o[pH]oc3ccc5ccccc5c34)ccc2c1. The largest absolute Gasteiger partial charge is 0.453 e. The van der Waals surface area contributed by atoms with Gasteiger partial charge in [0.1, 0.15) is 22.7 Å². The van der Waals surface area contributed by atoms with Gasteiger partial charge in [0.2, 0.25) is 17.3 Å². The van der Waals surface area contributed by atoms with E-state index >= 15 is 0 Å². The minimum atomic E-state index is -0.291. The van der Waals surface area contributed by atoms with Crippen LogP contribution in [0.4, 0.5) is 0 Å². The van der Waals surface area contributed by atoms with Crippen molar-refractivity contribution in [2.45, 2.75) is 0 Å². The van der Waals surface area contributed by atoms with Gasteiger partial charge in [0.25, 0.3) is 0 Å². The van der Waals surface area contributed by atoms with Crippen LogP contribution < -0.4 is 9.47 Å². The molecule has 0 N–H and O–H groups in total. The van der Waals surface area contributed by atoms with E-state index in [0.29, 0.717) is 34.2 Å². The topological polar surface area (TPSA) is 71.0 Å². The molecule has 8 heteroatoms. The smallest absolute Gasteiger partial charge is 0.201 e. The van der Waals surface area contributed by atoms with Crippen LogP contribution in [0, 0.1) is 0 Å². The van der Waals surface area contributed by atoms with E-state index in [1.165, 1.54) is 0 Å². The fraction of sp³-hybridized carbons (Fsp3) is 0. The maximum Gasteiger partial charge on any atom is 0.201 e. The lowest BCUT2D eigenvalue weighted by molar-refractivity contribution is 0.475. The first kappa shape index (κ1) is 38.8. The Labute approximate surface area is 390 Å². The fourth-order valence-corrected chi connectivity index (χ4v) is 11.5. The first-order chi connectivity index (χ1) is 33.7. The first-order valence-electron chi connectivity index (χ1n) is 22.5. The molecule has 2 unspecified atom stereocenters. The Morgan fingerprint density at radius 2 is 0.588 bits per heavy atom. The lowest BCUT2D eigenvalue weighted by Crippen LogP contribution is -1.96. The summed E-state index contributed by atoms with van der Waals surface area (Å²) in [5.74, 6) is 2.44. The number of ether oxygens (including phenoxy) is 2. The molecule has 0 aliphatic rings. The fourth-order valence-electron chi connectivity index (χ4n) is 10.3. The van der Waals surface area contributed by atoms with Crippen molar-refractivity contribution in [2.75, 3.05) is 0 Å². The van der Waals surface area contributed by atoms with Gasteiger partial charge in [0.15, 0.2) is 22.7 Å². The molecular weight excluding hydrogens is 879 g/mol. The van der Waals surface area contributed by atoms with E-state index in [-0.39, 0.29) is 17.3 Å². The standard InChI is InChI=1S/C60H36O6P2/c1-7-19-41-35(13-1)25-29-47(61-51-33-39-17-5-11-23-45(39)57-55-43-21-9-3-15-37(43)27-31-49(55)63-67-65-59(51)57)53(41)54-42-20-8-2-14-36(42)26-30-48(54)62-52-34-40-18-6-12-24-46(40)58-56-44-22-10-4-16-38(44)28-32-50(56)64-68-66-60(52)58/h1-34,67-68H. The first-order valence-corrected chi connectivity index (χ1v) is 24.1. The molecule has 0 amide bonds. The third-order valence-electron chi connectivity index (χ3n) is 13.3. The molecule has 0 saturated carbocycles. The van der Waals surface area contributed by atoms with Gasteiger partial charge in [-0.05, 0) is 101 Å². The van der Waals surface area contributed by atoms with E-state index in [2.05, 4.69) is 194 Å². The third-order valence-corrected chi connectivity index (χ3v) is 14.5. The van der Waals surface area contributed by atoms with Gasteiger partial charge in [-0.3, -0.25) is 0 Å². The van der Waals surface area contributed by atoms with Crippen molar-refractivity contribution in [3.63, 3.8) is 0 Å². The highest BCUT2D eigenvalue weighted by Crippen LogP contribution is 2.51. The van der Waals surface area contributed by atoms with Gasteiger partial charge in [0.05, 0.1) is 0 Å². The molecule has 2 aromatic heterocycles. The van der Waals surface area contributed by atoms with Crippen molar-refractivity contribution in [3.8, 4) is 34.1 Å². The summed E-state index contributed by atoms with van der Waals surface area (Å²) >= 11 is 0. The van der Waals surface area contributed by atoms with Gasteiger partial charge >= 0.3 is 0 Å². The second-order valence-corrected chi connectivity index (χ2v) is 18.2. The van der Waals surface area contributed by atoms with Crippen molar-refractivity contribution in [3.05, 3.63) is 206 Å². The number of rotatable bonds is 5. The zero-order valence-corrected chi connectivity index (χ0v) is 38.1. The van der Waals surface area contributed by atoms with Gasteiger partial charge in [-0.2, -0.15) is 0 Å². The second-order valence-electron chi connectivity index (χ2n) is 17.0. The molecule has 0 aliphatic heterocycles. The van der Waals surface area contributed by atoms with Crippen LogP contribution in [0.3, 0.4) is 0 Å². The van der Waals surface area contributed by atoms with E-state index in [4.69, 9.17) is 26.3 Å². The molecule has 2 heterocycles. The highest BCUT2D eigenvalue weighted by Gasteiger charge is 2.24. The highest BCUT2D eigenvalue weighted by molar-refractivity contribution is 7.15. The van der Waals surface area contributed by atoms with Crippen LogP contribution in [0.2, 0.25) is 0 Å².